The van der Waals surface area contributed by atoms with Crippen LogP contribution < -0.4 is 10.6 Å². The monoisotopic (exact) mass is 324 g/mol. The molecule has 2 N–H and O–H groups in total. The number of anilines is 1. The van der Waals surface area contributed by atoms with Crippen molar-refractivity contribution in [2.75, 3.05) is 18.0 Å². The van der Waals surface area contributed by atoms with Gasteiger partial charge in [0.05, 0.1) is 11.7 Å². The van der Waals surface area contributed by atoms with Crippen LogP contribution in [-0.2, 0) is 6.42 Å². The van der Waals surface area contributed by atoms with Crippen molar-refractivity contribution in [2.24, 2.45) is 5.73 Å². The standard InChI is InChI=1S/C20H28N4/c1-15-13-16(2)20(23-14-15)24(12-4-3-10-21)18-9-5-7-17-8-6-11-22-19(17)18/h6,8,11,13-14,18H,3-5,7,9-10,12,21H2,1-2H3. The predicted octanol–water partition coefficient (Wildman–Crippen LogP) is 3.72. The molecule has 3 rings (SSSR count). The SMILES string of the molecule is Cc1cnc(N(CCCCN)C2CCCc3cccnc32)c(C)c1. The fraction of sp³-hybridized carbons (Fsp3) is 0.500. The summed E-state index contributed by atoms with van der Waals surface area (Å²) in [6, 6.07) is 6.82. The Kier molecular flexibility index (Phi) is 5.46. The summed E-state index contributed by atoms with van der Waals surface area (Å²) >= 11 is 0. The molecule has 1 atom stereocenters. The van der Waals surface area contributed by atoms with E-state index in [9.17, 15) is 0 Å². The second-order valence-electron chi connectivity index (χ2n) is 6.80. The number of aryl methyl sites for hydroxylation is 3. The lowest BCUT2D eigenvalue weighted by Crippen LogP contribution is -2.34. The first-order valence-electron chi connectivity index (χ1n) is 9.04. The molecule has 0 aromatic carbocycles. The molecule has 0 amide bonds. The molecule has 4 heteroatoms. The summed E-state index contributed by atoms with van der Waals surface area (Å²) in [5.41, 5.74) is 10.8. The molecule has 0 aliphatic heterocycles. The van der Waals surface area contributed by atoms with Gasteiger partial charge in [-0.2, -0.15) is 0 Å². The summed E-state index contributed by atoms with van der Waals surface area (Å²) in [6.07, 6.45) is 9.51. The van der Waals surface area contributed by atoms with Gasteiger partial charge in [-0.25, -0.2) is 4.98 Å². The number of aromatic nitrogens is 2. The molecule has 0 fully saturated rings. The molecular weight excluding hydrogens is 296 g/mol. The zero-order valence-corrected chi connectivity index (χ0v) is 14.8. The Bertz CT molecular complexity index is 683. The van der Waals surface area contributed by atoms with Crippen LogP contribution in [0.2, 0.25) is 0 Å². The van der Waals surface area contributed by atoms with Crippen molar-refractivity contribution in [3.05, 3.63) is 53.0 Å². The summed E-state index contributed by atoms with van der Waals surface area (Å²) in [6.45, 7) is 5.98. The van der Waals surface area contributed by atoms with Crippen molar-refractivity contribution in [1.82, 2.24) is 9.97 Å². The van der Waals surface area contributed by atoms with Crippen LogP contribution in [0.3, 0.4) is 0 Å². The van der Waals surface area contributed by atoms with Crippen molar-refractivity contribution in [3.63, 3.8) is 0 Å². The summed E-state index contributed by atoms with van der Waals surface area (Å²) in [4.78, 5) is 12.0. The minimum absolute atomic E-state index is 0.321. The van der Waals surface area contributed by atoms with Gasteiger partial charge in [0.25, 0.3) is 0 Å². The third kappa shape index (κ3) is 3.59. The molecule has 1 aliphatic rings. The molecule has 128 valence electrons. The van der Waals surface area contributed by atoms with Crippen molar-refractivity contribution in [3.8, 4) is 0 Å². The van der Waals surface area contributed by atoms with E-state index < -0.39 is 0 Å². The Labute approximate surface area is 145 Å². The van der Waals surface area contributed by atoms with Gasteiger partial charge >= 0.3 is 0 Å². The van der Waals surface area contributed by atoms with Gasteiger partial charge < -0.3 is 10.6 Å². The highest BCUT2D eigenvalue weighted by molar-refractivity contribution is 5.50. The molecule has 2 aromatic heterocycles. The Morgan fingerprint density at radius 3 is 2.92 bits per heavy atom. The number of unbranched alkanes of at least 4 members (excludes halogenated alkanes) is 1. The highest BCUT2D eigenvalue weighted by atomic mass is 15.2. The molecule has 1 unspecified atom stereocenters. The predicted molar refractivity (Wildman–Crippen MR) is 99.3 cm³/mol. The van der Waals surface area contributed by atoms with Crippen LogP contribution in [0.25, 0.3) is 0 Å². The van der Waals surface area contributed by atoms with E-state index in [0.717, 1.165) is 44.6 Å². The topological polar surface area (TPSA) is 55.0 Å². The van der Waals surface area contributed by atoms with Crippen molar-refractivity contribution in [2.45, 2.75) is 52.0 Å². The average Bonchev–Trinajstić information content (AvgIpc) is 2.59. The smallest absolute Gasteiger partial charge is 0.132 e. The van der Waals surface area contributed by atoms with Crippen LogP contribution in [0.1, 0.15) is 54.1 Å². The molecule has 0 saturated carbocycles. The fourth-order valence-electron chi connectivity index (χ4n) is 3.73. The normalized spacial score (nSPS) is 16.7. The molecule has 2 heterocycles. The maximum atomic E-state index is 5.71. The summed E-state index contributed by atoms with van der Waals surface area (Å²) in [7, 11) is 0. The number of nitrogens with zero attached hydrogens (tertiary/aromatic N) is 3. The first-order chi connectivity index (χ1) is 11.7. The lowest BCUT2D eigenvalue weighted by atomic mass is 9.90. The quantitative estimate of drug-likeness (QED) is 0.823. The van der Waals surface area contributed by atoms with Gasteiger partial charge in [-0.1, -0.05) is 12.1 Å². The minimum Gasteiger partial charge on any atom is -0.348 e. The van der Waals surface area contributed by atoms with Crippen LogP contribution in [0, 0.1) is 13.8 Å². The van der Waals surface area contributed by atoms with E-state index in [2.05, 4.69) is 36.9 Å². The van der Waals surface area contributed by atoms with Crippen molar-refractivity contribution in [1.29, 1.82) is 0 Å². The highest BCUT2D eigenvalue weighted by Crippen LogP contribution is 2.36. The van der Waals surface area contributed by atoms with E-state index in [1.54, 1.807) is 0 Å². The number of pyridine rings is 2. The lowest BCUT2D eigenvalue weighted by Gasteiger charge is -2.36. The number of hydrogen-bond acceptors (Lipinski definition) is 4. The van der Waals surface area contributed by atoms with Crippen LogP contribution in [0.5, 0.6) is 0 Å². The Morgan fingerprint density at radius 1 is 1.25 bits per heavy atom. The number of fused-ring (bicyclic) bond motifs is 1. The van der Waals surface area contributed by atoms with E-state index in [1.165, 1.54) is 28.8 Å². The third-order valence-electron chi connectivity index (χ3n) is 4.85. The van der Waals surface area contributed by atoms with Gasteiger partial charge in [0.2, 0.25) is 0 Å². The molecule has 0 bridgehead atoms. The van der Waals surface area contributed by atoms with Crippen LogP contribution in [0.15, 0.2) is 30.6 Å². The second-order valence-corrected chi connectivity index (χ2v) is 6.80. The maximum absolute atomic E-state index is 5.71. The summed E-state index contributed by atoms with van der Waals surface area (Å²) in [5, 5.41) is 0. The summed E-state index contributed by atoms with van der Waals surface area (Å²) in [5.74, 6) is 1.10. The Morgan fingerprint density at radius 2 is 2.12 bits per heavy atom. The maximum Gasteiger partial charge on any atom is 0.132 e. The lowest BCUT2D eigenvalue weighted by molar-refractivity contribution is 0.494. The van der Waals surface area contributed by atoms with Gasteiger partial charge in [-0.05, 0) is 75.3 Å². The minimum atomic E-state index is 0.321. The molecule has 0 saturated heterocycles. The third-order valence-corrected chi connectivity index (χ3v) is 4.85. The fourth-order valence-corrected chi connectivity index (χ4v) is 3.73. The zero-order valence-electron chi connectivity index (χ0n) is 14.8. The number of rotatable bonds is 6. The molecule has 2 aromatic rings. The van der Waals surface area contributed by atoms with Gasteiger partial charge in [-0.3, -0.25) is 4.98 Å². The Balaban J connectivity index is 1.96. The van der Waals surface area contributed by atoms with Crippen LogP contribution in [-0.4, -0.2) is 23.1 Å². The van der Waals surface area contributed by atoms with Crippen molar-refractivity contribution < 1.29 is 0 Å². The van der Waals surface area contributed by atoms with E-state index in [1.807, 2.05) is 12.4 Å². The van der Waals surface area contributed by atoms with Gasteiger partial charge in [0.1, 0.15) is 5.82 Å². The Hall–Kier alpha value is -1.94. The summed E-state index contributed by atoms with van der Waals surface area (Å²) < 4.78 is 0. The van der Waals surface area contributed by atoms with Gasteiger partial charge in [-0.15, -0.1) is 0 Å². The molecule has 0 radical (unpaired) electrons. The van der Waals surface area contributed by atoms with Gasteiger partial charge in [0.15, 0.2) is 0 Å². The van der Waals surface area contributed by atoms with E-state index in [0.29, 0.717) is 6.04 Å². The average molecular weight is 324 g/mol. The largest absolute Gasteiger partial charge is 0.348 e. The van der Waals surface area contributed by atoms with E-state index in [-0.39, 0.29) is 0 Å². The molecule has 0 spiro atoms. The van der Waals surface area contributed by atoms with Gasteiger partial charge in [0, 0.05) is 18.9 Å². The molecular formula is C20H28N4. The van der Waals surface area contributed by atoms with E-state index >= 15 is 0 Å². The highest BCUT2D eigenvalue weighted by Gasteiger charge is 2.28. The number of hydrogen-bond donors (Lipinski definition) is 1. The number of nitrogens with two attached hydrogens (primary N) is 1. The van der Waals surface area contributed by atoms with E-state index in [4.69, 9.17) is 15.7 Å². The first kappa shape index (κ1) is 16.9. The van der Waals surface area contributed by atoms with Crippen LogP contribution in [0.4, 0.5) is 5.82 Å². The first-order valence-corrected chi connectivity index (χ1v) is 9.04. The molecule has 24 heavy (non-hydrogen) atoms. The molecule has 4 nitrogen and oxygen atoms in total. The van der Waals surface area contributed by atoms with Crippen LogP contribution >= 0.6 is 0 Å². The zero-order chi connectivity index (χ0) is 16.9. The second kappa shape index (κ2) is 7.75. The molecule has 1 aliphatic carbocycles. The van der Waals surface area contributed by atoms with Crippen molar-refractivity contribution >= 4 is 5.82 Å².